The van der Waals surface area contributed by atoms with Gasteiger partial charge in [-0.15, -0.1) is 0 Å². The van der Waals surface area contributed by atoms with Crippen molar-refractivity contribution < 1.29 is 9.90 Å². The zero-order chi connectivity index (χ0) is 14.4. The monoisotopic (exact) mass is 272 g/mol. The molecule has 1 aromatic rings. The van der Waals surface area contributed by atoms with Crippen LogP contribution in [0.5, 0.6) is 0 Å². The maximum Gasteiger partial charge on any atom is 0.253 e. The van der Waals surface area contributed by atoms with Crippen molar-refractivity contribution >= 4 is 5.91 Å². The van der Waals surface area contributed by atoms with Gasteiger partial charge in [0, 0.05) is 37.3 Å². The molecule has 1 N–H and O–H groups in total. The van der Waals surface area contributed by atoms with Gasteiger partial charge in [0.15, 0.2) is 0 Å². The van der Waals surface area contributed by atoms with Crippen LogP contribution in [0.3, 0.4) is 0 Å². The molecule has 1 aliphatic rings. The molecule has 1 aromatic carbocycles. The fraction of sp³-hybridized carbons (Fsp3) is 0.438. The topological polar surface area (TPSA) is 43.8 Å². The largest absolute Gasteiger partial charge is 0.384 e. The van der Waals surface area contributed by atoms with Crippen molar-refractivity contribution in [3.63, 3.8) is 0 Å². The van der Waals surface area contributed by atoms with Crippen LogP contribution >= 0.6 is 0 Å². The summed E-state index contributed by atoms with van der Waals surface area (Å²) in [5.74, 6) is 5.49. The molecule has 0 aromatic heterocycles. The second-order valence-electron chi connectivity index (χ2n) is 4.77. The molecule has 0 bridgehead atoms. The molecule has 1 amide bonds. The Morgan fingerprint density at radius 2 is 2.05 bits per heavy atom. The predicted octanol–water partition coefficient (Wildman–Crippen LogP) is 0.808. The summed E-state index contributed by atoms with van der Waals surface area (Å²) in [4.78, 5) is 16.7. The van der Waals surface area contributed by atoms with Crippen molar-refractivity contribution in [2.45, 2.75) is 6.92 Å². The Balaban J connectivity index is 2.06. The SMILES string of the molecule is CCN1CCN(C(=O)c2cccc(C#CCO)c2)CC1. The maximum atomic E-state index is 12.4. The molecule has 1 fully saturated rings. The standard InChI is InChI=1S/C16H20N2O2/c1-2-17-8-10-18(11-9-17)16(20)15-7-3-5-14(13-15)6-4-12-19/h3,5,7,13,19H,2,8-12H2,1H3. The molecule has 1 heterocycles. The summed E-state index contributed by atoms with van der Waals surface area (Å²) < 4.78 is 0. The highest BCUT2D eigenvalue weighted by Gasteiger charge is 2.21. The molecule has 0 spiro atoms. The Bertz CT molecular complexity index is 523. The van der Waals surface area contributed by atoms with Crippen LogP contribution in [0.15, 0.2) is 24.3 Å². The van der Waals surface area contributed by atoms with Gasteiger partial charge in [-0.25, -0.2) is 0 Å². The number of carbonyl (C=O) groups is 1. The van der Waals surface area contributed by atoms with Crippen molar-refractivity contribution in [3.8, 4) is 11.8 Å². The normalized spacial score (nSPS) is 15.6. The number of amides is 1. The highest BCUT2D eigenvalue weighted by atomic mass is 16.2. The minimum absolute atomic E-state index is 0.0633. The Kier molecular flexibility index (Phi) is 5.16. The fourth-order valence-corrected chi connectivity index (χ4v) is 2.32. The van der Waals surface area contributed by atoms with E-state index < -0.39 is 0 Å². The lowest BCUT2D eigenvalue weighted by Gasteiger charge is -2.34. The van der Waals surface area contributed by atoms with Crippen LogP contribution in [0.25, 0.3) is 0 Å². The first-order valence-electron chi connectivity index (χ1n) is 6.96. The lowest BCUT2D eigenvalue weighted by Crippen LogP contribution is -2.48. The smallest absolute Gasteiger partial charge is 0.253 e. The van der Waals surface area contributed by atoms with E-state index in [4.69, 9.17) is 5.11 Å². The van der Waals surface area contributed by atoms with Crippen LogP contribution in [-0.2, 0) is 0 Å². The molecular formula is C16H20N2O2. The van der Waals surface area contributed by atoms with Crippen LogP contribution in [0, 0.1) is 11.8 Å². The number of likely N-dealkylation sites (N-methyl/N-ethyl adjacent to an activating group) is 1. The number of rotatable bonds is 2. The van der Waals surface area contributed by atoms with Crippen LogP contribution in [-0.4, -0.2) is 60.1 Å². The van der Waals surface area contributed by atoms with Crippen molar-refractivity contribution in [1.29, 1.82) is 0 Å². The number of benzene rings is 1. The summed E-state index contributed by atoms with van der Waals surface area (Å²) in [6, 6.07) is 7.28. The van der Waals surface area contributed by atoms with E-state index in [1.54, 1.807) is 6.07 Å². The molecule has 106 valence electrons. The second-order valence-corrected chi connectivity index (χ2v) is 4.77. The van der Waals surface area contributed by atoms with Gasteiger partial charge in [-0.05, 0) is 24.7 Å². The summed E-state index contributed by atoms with van der Waals surface area (Å²) in [7, 11) is 0. The lowest BCUT2D eigenvalue weighted by molar-refractivity contribution is 0.0643. The number of nitrogens with zero attached hydrogens (tertiary/aromatic N) is 2. The minimum Gasteiger partial charge on any atom is -0.384 e. The van der Waals surface area contributed by atoms with Crippen molar-refractivity contribution in [1.82, 2.24) is 9.80 Å². The molecule has 0 atom stereocenters. The Hall–Kier alpha value is -1.83. The summed E-state index contributed by atoms with van der Waals surface area (Å²) in [6.45, 7) is 6.43. The Morgan fingerprint density at radius 3 is 2.70 bits per heavy atom. The molecule has 4 nitrogen and oxygen atoms in total. The van der Waals surface area contributed by atoms with Crippen LogP contribution in [0.2, 0.25) is 0 Å². The van der Waals surface area contributed by atoms with Crippen LogP contribution < -0.4 is 0 Å². The first-order valence-corrected chi connectivity index (χ1v) is 6.96. The van der Waals surface area contributed by atoms with Gasteiger partial charge in [-0.2, -0.15) is 0 Å². The van der Waals surface area contributed by atoms with Crippen LogP contribution in [0.4, 0.5) is 0 Å². The van der Waals surface area contributed by atoms with Gasteiger partial charge in [0.2, 0.25) is 0 Å². The van der Waals surface area contributed by atoms with E-state index in [9.17, 15) is 4.79 Å². The lowest BCUT2D eigenvalue weighted by atomic mass is 10.1. The highest BCUT2D eigenvalue weighted by molar-refractivity contribution is 5.94. The number of aliphatic hydroxyl groups is 1. The van der Waals surface area contributed by atoms with Gasteiger partial charge in [0.1, 0.15) is 6.61 Å². The van der Waals surface area contributed by atoms with Crippen molar-refractivity contribution in [3.05, 3.63) is 35.4 Å². The van der Waals surface area contributed by atoms with E-state index >= 15 is 0 Å². The van der Waals surface area contributed by atoms with E-state index in [1.165, 1.54) is 0 Å². The molecule has 1 saturated heterocycles. The molecule has 1 aliphatic heterocycles. The van der Waals surface area contributed by atoms with E-state index in [0.29, 0.717) is 5.56 Å². The van der Waals surface area contributed by atoms with Crippen LogP contribution in [0.1, 0.15) is 22.8 Å². The summed E-state index contributed by atoms with van der Waals surface area (Å²) in [6.07, 6.45) is 0. The third-order valence-electron chi connectivity index (χ3n) is 3.53. The molecular weight excluding hydrogens is 252 g/mol. The summed E-state index contributed by atoms with van der Waals surface area (Å²) in [5, 5.41) is 8.70. The zero-order valence-electron chi connectivity index (χ0n) is 11.8. The first-order chi connectivity index (χ1) is 9.74. The maximum absolute atomic E-state index is 12.4. The average molecular weight is 272 g/mol. The van der Waals surface area contributed by atoms with Gasteiger partial charge in [-0.3, -0.25) is 4.79 Å². The third kappa shape index (κ3) is 3.60. The van der Waals surface area contributed by atoms with E-state index in [1.807, 2.05) is 23.1 Å². The summed E-state index contributed by atoms with van der Waals surface area (Å²) in [5.41, 5.74) is 1.43. The summed E-state index contributed by atoms with van der Waals surface area (Å²) >= 11 is 0. The molecule has 0 saturated carbocycles. The number of piperazine rings is 1. The highest BCUT2D eigenvalue weighted by Crippen LogP contribution is 2.10. The Morgan fingerprint density at radius 1 is 1.30 bits per heavy atom. The number of aliphatic hydroxyl groups excluding tert-OH is 1. The number of hydrogen-bond acceptors (Lipinski definition) is 3. The number of carbonyl (C=O) groups excluding carboxylic acids is 1. The van der Waals surface area contributed by atoms with E-state index in [-0.39, 0.29) is 12.5 Å². The zero-order valence-corrected chi connectivity index (χ0v) is 11.8. The van der Waals surface area contributed by atoms with Gasteiger partial charge < -0.3 is 14.9 Å². The molecule has 4 heteroatoms. The van der Waals surface area contributed by atoms with Crippen molar-refractivity contribution in [2.75, 3.05) is 39.3 Å². The van der Waals surface area contributed by atoms with Gasteiger partial charge in [0.25, 0.3) is 5.91 Å². The first kappa shape index (κ1) is 14.6. The fourth-order valence-electron chi connectivity index (χ4n) is 2.32. The minimum atomic E-state index is -0.169. The molecule has 20 heavy (non-hydrogen) atoms. The van der Waals surface area contributed by atoms with E-state index in [2.05, 4.69) is 23.7 Å². The van der Waals surface area contributed by atoms with Gasteiger partial charge in [-0.1, -0.05) is 24.8 Å². The molecule has 0 aliphatic carbocycles. The predicted molar refractivity (Wildman–Crippen MR) is 78.4 cm³/mol. The molecule has 0 unspecified atom stereocenters. The second kappa shape index (κ2) is 7.09. The number of hydrogen-bond donors (Lipinski definition) is 1. The Labute approximate surface area is 120 Å². The average Bonchev–Trinajstić information content (AvgIpc) is 2.52. The van der Waals surface area contributed by atoms with E-state index in [0.717, 1.165) is 38.3 Å². The quantitative estimate of drug-likeness (QED) is 0.810. The van der Waals surface area contributed by atoms with Gasteiger partial charge in [0.05, 0.1) is 0 Å². The molecule has 0 radical (unpaired) electrons. The van der Waals surface area contributed by atoms with Gasteiger partial charge >= 0.3 is 0 Å². The third-order valence-corrected chi connectivity index (χ3v) is 3.53. The molecule has 2 rings (SSSR count). The van der Waals surface area contributed by atoms with Crippen molar-refractivity contribution in [2.24, 2.45) is 0 Å².